The highest BCUT2D eigenvalue weighted by Gasteiger charge is 2.14. The molecule has 3 rings (SSSR count). The maximum atomic E-state index is 12.1. The van der Waals surface area contributed by atoms with Gasteiger partial charge in [0.1, 0.15) is 10.7 Å². The number of hydrogen-bond donors (Lipinski definition) is 2. The lowest BCUT2D eigenvalue weighted by atomic mass is 10.2. The van der Waals surface area contributed by atoms with Crippen LogP contribution in [0, 0.1) is 0 Å². The Kier molecular flexibility index (Phi) is 5.33. The molecule has 0 radical (unpaired) electrons. The molecule has 0 fully saturated rings. The number of nitrogens with one attached hydrogen (secondary N) is 2. The number of carbonyl (C=O) groups is 2. The van der Waals surface area contributed by atoms with Gasteiger partial charge in [-0.2, -0.15) is 0 Å². The fourth-order valence-corrected chi connectivity index (χ4v) is 3.15. The summed E-state index contributed by atoms with van der Waals surface area (Å²) in [5.41, 5.74) is 5.97. The number of rotatable bonds is 3. The van der Waals surface area contributed by atoms with Crippen molar-refractivity contribution in [1.82, 2.24) is 15.8 Å². The quantitative estimate of drug-likeness (QED) is 0.657. The van der Waals surface area contributed by atoms with Gasteiger partial charge in [-0.25, -0.2) is 4.98 Å². The second-order valence-corrected chi connectivity index (χ2v) is 6.63. The van der Waals surface area contributed by atoms with Crippen LogP contribution in [0.25, 0.3) is 10.6 Å². The predicted molar refractivity (Wildman–Crippen MR) is 98.9 cm³/mol. The van der Waals surface area contributed by atoms with Gasteiger partial charge in [0.05, 0.1) is 10.6 Å². The molecule has 5 nitrogen and oxygen atoms in total. The second-order valence-electron chi connectivity index (χ2n) is 4.93. The van der Waals surface area contributed by atoms with Crippen molar-refractivity contribution in [2.75, 3.05) is 0 Å². The van der Waals surface area contributed by atoms with E-state index in [1.807, 2.05) is 12.1 Å². The van der Waals surface area contributed by atoms with E-state index in [-0.39, 0.29) is 11.3 Å². The molecule has 0 aliphatic heterocycles. The van der Waals surface area contributed by atoms with E-state index in [2.05, 4.69) is 15.8 Å². The third kappa shape index (κ3) is 4.17. The van der Waals surface area contributed by atoms with E-state index in [1.54, 1.807) is 41.8 Å². The summed E-state index contributed by atoms with van der Waals surface area (Å²) in [7, 11) is 0. The first-order valence-corrected chi connectivity index (χ1v) is 8.75. The van der Waals surface area contributed by atoms with Crippen LogP contribution < -0.4 is 10.9 Å². The van der Waals surface area contributed by atoms with Crippen LogP contribution >= 0.6 is 34.5 Å². The number of aromatic nitrogens is 1. The van der Waals surface area contributed by atoms with Crippen molar-refractivity contribution in [1.29, 1.82) is 0 Å². The van der Waals surface area contributed by atoms with E-state index >= 15 is 0 Å². The normalized spacial score (nSPS) is 10.3. The van der Waals surface area contributed by atoms with Crippen LogP contribution in [-0.2, 0) is 0 Å². The largest absolute Gasteiger partial charge is 0.289 e. The Labute approximate surface area is 157 Å². The molecule has 0 atom stereocenters. The fraction of sp³-hybridized carbons (Fsp3) is 0. The first-order chi connectivity index (χ1) is 12.0. The van der Waals surface area contributed by atoms with Crippen LogP contribution in [0.3, 0.4) is 0 Å². The molecule has 2 aromatic carbocycles. The Balaban J connectivity index is 1.65. The van der Waals surface area contributed by atoms with E-state index in [4.69, 9.17) is 23.2 Å². The maximum absolute atomic E-state index is 12.1. The van der Waals surface area contributed by atoms with E-state index in [1.165, 1.54) is 11.3 Å². The number of hydrogen-bond acceptors (Lipinski definition) is 4. The highest BCUT2D eigenvalue weighted by molar-refractivity contribution is 7.13. The molecule has 1 heterocycles. The smallest absolute Gasteiger partial charge is 0.267 e. The Morgan fingerprint density at radius 2 is 1.60 bits per heavy atom. The van der Waals surface area contributed by atoms with Gasteiger partial charge in [-0.15, -0.1) is 11.3 Å². The molecule has 2 N–H and O–H groups in total. The standard InChI is InChI=1S/C17H11Cl2N3O2S/c18-11-7-5-10(6-8-11)17-20-14(9-25-17)16(24)22-21-15(23)12-3-1-2-4-13(12)19/h1-9H,(H,21,23)(H,22,24). The minimum absolute atomic E-state index is 0.203. The molecule has 3 aromatic rings. The highest BCUT2D eigenvalue weighted by Crippen LogP contribution is 2.25. The van der Waals surface area contributed by atoms with Crippen molar-refractivity contribution in [3.05, 3.63) is 75.2 Å². The zero-order chi connectivity index (χ0) is 17.8. The molecule has 0 aliphatic rings. The first-order valence-electron chi connectivity index (χ1n) is 7.11. The molecule has 0 aliphatic carbocycles. The molecule has 25 heavy (non-hydrogen) atoms. The molecule has 126 valence electrons. The number of benzene rings is 2. The Morgan fingerprint density at radius 3 is 2.32 bits per heavy atom. The minimum atomic E-state index is -0.517. The lowest BCUT2D eigenvalue weighted by molar-refractivity contribution is 0.0844. The number of amides is 2. The summed E-state index contributed by atoms with van der Waals surface area (Å²) in [5, 5.41) is 3.22. The zero-order valence-corrected chi connectivity index (χ0v) is 15.0. The molecule has 8 heteroatoms. The fourth-order valence-electron chi connectivity index (χ4n) is 1.99. The van der Waals surface area contributed by atoms with Crippen molar-refractivity contribution in [3.8, 4) is 10.6 Å². The van der Waals surface area contributed by atoms with Crippen LogP contribution in [-0.4, -0.2) is 16.8 Å². The van der Waals surface area contributed by atoms with Gasteiger partial charge in [-0.1, -0.05) is 47.5 Å². The van der Waals surface area contributed by atoms with E-state index in [0.29, 0.717) is 15.1 Å². The Bertz CT molecular complexity index is 926. The summed E-state index contributed by atoms with van der Waals surface area (Å²) in [6.45, 7) is 0. The average molecular weight is 392 g/mol. The molecular formula is C17H11Cl2N3O2S. The molecule has 1 aromatic heterocycles. The third-order valence-corrected chi connectivity index (χ3v) is 4.71. The molecule has 0 saturated heterocycles. The van der Waals surface area contributed by atoms with Crippen LogP contribution in [0.5, 0.6) is 0 Å². The van der Waals surface area contributed by atoms with Crippen LogP contribution in [0.4, 0.5) is 0 Å². The van der Waals surface area contributed by atoms with Crippen LogP contribution in [0.1, 0.15) is 20.8 Å². The van der Waals surface area contributed by atoms with E-state index in [9.17, 15) is 9.59 Å². The van der Waals surface area contributed by atoms with Gasteiger partial charge in [-0.05, 0) is 24.3 Å². The molecule has 0 spiro atoms. The number of thiazole rings is 1. The topological polar surface area (TPSA) is 71.1 Å². The molecule has 0 unspecified atom stereocenters. The van der Waals surface area contributed by atoms with Gasteiger partial charge in [0.25, 0.3) is 11.8 Å². The lowest BCUT2D eigenvalue weighted by Crippen LogP contribution is -2.41. The lowest BCUT2D eigenvalue weighted by Gasteiger charge is -2.07. The number of carbonyl (C=O) groups excluding carboxylic acids is 2. The zero-order valence-electron chi connectivity index (χ0n) is 12.6. The van der Waals surface area contributed by atoms with E-state index in [0.717, 1.165) is 5.56 Å². The van der Waals surface area contributed by atoms with Crippen LogP contribution in [0.15, 0.2) is 53.9 Å². The van der Waals surface area contributed by atoms with Gasteiger partial charge in [0.2, 0.25) is 0 Å². The van der Waals surface area contributed by atoms with Crippen molar-refractivity contribution >= 4 is 46.4 Å². The summed E-state index contributed by atoms with van der Waals surface area (Å²) >= 11 is 13.1. The summed E-state index contributed by atoms with van der Waals surface area (Å²) in [6, 6.07) is 13.7. The summed E-state index contributed by atoms with van der Waals surface area (Å²) in [6.07, 6.45) is 0. The van der Waals surface area contributed by atoms with Crippen molar-refractivity contribution in [2.24, 2.45) is 0 Å². The Hall–Kier alpha value is -2.41. The summed E-state index contributed by atoms with van der Waals surface area (Å²) < 4.78 is 0. The summed E-state index contributed by atoms with van der Waals surface area (Å²) in [4.78, 5) is 28.4. The first kappa shape index (κ1) is 17.4. The average Bonchev–Trinajstić information content (AvgIpc) is 3.10. The van der Waals surface area contributed by atoms with Gasteiger partial charge >= 0.3 is 0 Å². The number of hydrazine groups is 1. The molecule has 0 bridgehead atoms. The van der Waals surface area contributed by atoms with E-state index < -0.39 is 11.8 Å². The number of nitrogens with zero attached hydrogens (tertiary/aromatic N) is 1. The number of halogens is 2. The molecular weight excluding hydrogens is 381 g/mol. The summed E-state index contributed by atoms with van der Waals surface area (Å²) in [5.74, 6) is -1.02. The van der Waals surface area contributed by atoms with Crippen molar-refractivity contribution in [3.63, 3.8) is 0 Å². The van der Waals surface area contributed by atoms with Crippen molar-refractivity contribution in [2.45, 2.75) is 0 Å². The molecule has 2 amide bonds. The minimum Gasteiger partial charge on any atom is -0.267 e. The van der Waals surface area contributed by atoms with Gasteiger partial charge in [0, 0.05) is 16.0 Å². The third-order valence-electron chi connectivity index (χ3n) is 3.24. The Morgan fingerprint density at radius 1 is 0.920 bits per heavy atom. The molecule has 0 saturated carbocycles. The predicted octanol–water partition coefficient (Wildman–Crippen LogP) is 4.19. The van der Waals surface area contributed by atoms with Gasteiger partial charge in [-0.3, -0.25) is 20.4 Å². The van der Waals surface area contributed by atoms with Crippen LogP contribution in [0.2, 0.25) is 10.0 Å². The van der Waals surface area contributed by atoms with Gasteiger partial charge < -0.3 is 0 Å². The second kappa shape index (κ2) is 7.65. The van der Waals surface area contributed by atoms with Crippen molar-refractivity contribution < 1.29 is 9.59 Å². The van der Waals surface area contributed by atoms with Gasteiger partial charge in [0.15, 0.2) is 0 Å². The SMILES string of the molecule is O=C(NNC(=O)c1ccccc1Cl)c1csc(-c2ccc(Cl)cc2)n1. The highest BCUT2D eigenvalue weighted by atomic mass is 35.5. The monoisotopic (exact) mass is 391 g/mol. The maximum Gasteiger partial charge on any atom is 0.289 e.